The molecule has 1 aliphatic carbocycles. The topological polar surface area (TPSA) is 55.7 Å². The van der Waals surface area contributed by atoms with E-state index in [1.807, 2.05) is 0 Å². The van der Waals surface area contributed by atoms with Gasteiger partial charge in [0, 0.05) is 0 Å². The minimum atomic E-state index is -0.691. The normalized spacial score (nSPS) is 16.4. The van der Waals surface area contributed by atoms with Gasteiger partial charge in [-0.3, -0.25) is 4.79 Å². The molecule has 0 saturated heterocycles. The standard InChI is InChI=1S/C14H10FNO3/c1-9-8-12(6-7-13(9)17)16-19-14(18)10-2-4-11(15)5-3-10/h2-8H,1H3/b16-12+. The largest absolute Gasteiger partial charge is 0.365 e. The summed E-state index contributed by atoms with van der Waals surface area (Å²) >= 11 is 0. The number of hydrogen-bond donors (Lipinski definition) is 0. The molecule has 0 N–H and O–H groups in total. The van der Waals surface area contributed by atoms with Crippen LogP contribution in [0, 0.1) is 5.82 Å². The van der Waals surface area contributed by atoms with E-state index < -0.39 is 11.8 Å². The lowest BCUT2D eigenvalue weighted by Crippen LogP contribution is -2.07. The highest BCUT2D eigenvalue weighted by Crippen LogP contribution is 2.07. The Labute approximate surface area is 108 Å². The molecular weight excluding hydrogens is 249 g/mol. The van der Waals surface area contributed by atoms with Gasteiger partial charge in [-0.15, -0.1) is 0 Å². The van der Waals surface area contributed by atoms with Crippen LogP contribution >= 0.6 is 0 Å². The van der Waals surface area contributed by atoms with Crippen LogP contribution in [0.4, 0.5) is 4.39 Å². The van der Waals surface area contributed by atoms with Crippen molar-refractivity contribution in [3.63, 3.8) is 0 Å². The van der Waals surface area contributed by atoms with Crippen LogP contribution in [0.15, 0.2) is 53.2 Å². The first-order valence-corrected chi connectivity index (χ1v) is 5.52. The molecule has 0 bridgehead atoms. The Morgan fingerprint density at radius 1 is 1.21 bits per heavy atom. The summed E-state index contributed by atoms with van der Waals surface area (Å²) < 4.78 is 12.7. The van der Waals surface area contributed by atoms with Crippen LogP contribution < -0.4 is 0 Å². The zero-order valence-corrected chi connectivity index (χ0v) is 10.1. The molecular formula is C14H10FNO3. The number of allylic oxidation sites excluding steroid dienone is 4. The van der Waals surface area contributed by atoms with Crippen LogP contribution in [0.2, 0.25) is 0 Å². The second-order valence-corrected chi connectivity index (χ2v) is 3.93. The molecule has 0 aliphatic heterocycles. The van der Waals surface area contributed by atoms with Gasteiger partial charge in [0.2, 0.25) is 0 Å². The lowest BCUT2D eigenvalue weighted by Gasteiger charge is -2.03. The summed E-state index contributed by atoms with van der Waals surface area (Å²) in [5, 5.41) is 3.62. The Morgan fingerprint density at radius 3 is 2.53 bits per heavy atom. The summed E-state index contributed by atoms with van der Waals surface area (Å²) in [7, 11) is 0. The molecule has 0 heterocycles. The quantitative estimate of drug-likeness (QED) is 0.465. The summed E-state index contributed by atoms with van der Waals surface area (Å²) in [4.78, 5) is 27.5. The first-order chi connectivity index (χ1) is 9.06. The van der Waals surface area contributed by atoms with Crippen molar-refractivity contribution < 1.29 is 18.8 Å². The predicted octanol–water partition coefficient (Wildman–Crippen LogP) is 2.42. The number of carbonyl (C=O) groups excluding carboxylic acids is 2. The number of oxime groups is 1. The molecule has 0 radical (unpaired) electrons. The third kappa shape index (κ3) is 3.22. The Balaban J connectivity index is 2.07. The fraction of sp³-hybridized carbons (Fsp3) is 0.0714. The van der Waals surface area contributed by atoms with Crippen LogP contribution in [0.5, 0.6) is 0 Å². The van der Waals surface area contributed by atoms with Crippen LogP contribution in [0.25, 0.3) is 0 Å². The molecule has 4 nitrogen and oxygen atoms in total. The van der Waals surface area contributed by atoms with Crippen molar-refractivity contribution in [3.05, 3.63) is 59.4 Å². The van der Waals surface area contributed by atoms with Gasteiger partial charge in [-0.25, -0.2) is 9.18 Å². The maximum Gasteiger partial charge on any atom is 0.365 e. The third-order valence-corrected chi connectivity index (χ3v) is 2.47. The second-order valence-electron chi connectivity index (χ2n) is 3.93. The average Bonchev–Trinajstić information content (AvgIpc) is 2.40. The van der Waals surface area contributed by atoms with E-state index in [9.17, 15) is 14.0 Å². The monoisotopic (exact) mass is 259 g/mol. The van der Waals surface area contributed by atoms with E-state index >= 15 is 0 Å². The minimum Gasteiger partial charge on any atom is -0.312 e. The maximum atomic E-state index is 12.7. The number of nitrogens with zero attached hydrogens (tertiary/aromatic N) is 1. The van der Waals surface area contributed by atoms with Gasteiger partial charge in [0.1, 0.15) is 11.5 Å². The van der Waals surface area contributed by atoms with Gasteiger partial charge in [-0.05, 0) is 55.0 Å². The Bertz CT molecular complexity index is 612. The highest BCUT2D eigenvalue weighted by Gasteiger charge is 2.10. The Hall–Kier alpha value is -2.56. The Morgan fingerprint density at radius 2 is 1.89 bits per heavy atom. The molecule has 0 amide bonds. The summed E-state index contributed by atoms with van der Waals surface area (Å²) in [6, 6.07) is 4.93. The fourth-order valence-corrected chi connectivity index (χ4v) is 1.42. The number of halogens is 1. The summed E-state index contributed by atoms with van der Waals surface area (Å²) in [5.41, 5.74) is 1.08. The number of carbonyl (C=O) groups is 2. The van der Waals surface area contributed by atoms with Crippen LogP contribution in [-0.2, 0) is 9.63 Å². The van der Waals surface area contributed by atoms with Crippen molar-refractivity contribution in [1.29, 1.82) is 0 Å². The number of ketones is 1. The third-order valence-electron chi connectivity index (χ3n) is 2.47. The van der Waals surface area contributed by atoms with Crippen molar-refractivity contribution >= 4 is 17.5 Å². The fourth-order valence-electron chi connectivity index (χ4n) is 1.42. The SMILES string of the molecule is CC1=C/C(=N/OC(=O)c2ccc(F)cc2)C=CC1=O. The van der Waals surface area contributed by atoms with Gasteiger partial charge in [-0.1, -0.05) is 5.16 Å². The molecule has 0 fully saturated rings. The van der Waals surface area contributed by atoms with Gasteiger partial charge in [0.05, 0.1) is 5.56 Å². The van der Waals surface area contributed by atoms with Gasteiger partial charge in [0.25, 0.3) is 0 Å². The first-order valence-electron chi connectivity index (χ1n) is 5.52. The van der Waals surface area contributed by atoms with Crippen molar-refractivity contribution in [3.8, 4) is 0 Å². The lowest BCUT2D eigenvalue weighted by atomic mass is 10.1. The molecule has 2 rings (SSSR count). The minimum absolute atomic E-state index is 0.108. The number of rotatable bonds is 2. The molecule has 1 aromatic carbocycles. The molecule has 0 unspecified atom stereocenters. The lowest BCUT2D eigenvalue weighted by molar-refractivity contribution is -0.111. The van der Waals surface area contributed by atoms with Gasteiger partial charge in [-0.2, -0.15) is 0 Å². The van der Waals surface area contributed by atoms with Crippen LogP contribution in [0.3, 0.4) is 0 Å². The summed E-state index contributed by atoms with van der Waals surface area (Å²) in [6.45, 7) is 1.64. The van der Waals surface area contributed by atoms with E-state index in [0.29, 0.717) is 11.3 Å². The molecule has 96 valence electrons. The van der Waals surface area contributed by atoms with Crippen LogP contribution in [0.1, 0.15) is 17.3 Å². The van der Waals surface area contributed by atoms with E-state index in [0.717, 1.165) is 12.1 Å². The molecule has 1 aromatic rings. The molecule has 5 heteroatoms. The van der Waals surface area contributed by atoms with Crippen molar-refractivity contribution in [2.45, 2.75) is 6.92 Å². The van der Waals surface area contributed by atoms with E-state index in [1.54, 1.807) is 6.92 Å². The Kier molecular flexibility index (Phi) is 3.66. The first kappa shape index (κ1) is 12.9. The molecule has 0 atom stereocenters. The maximum absolute atomic E-state index is 12.7. The van der Waals surface area contributed by atoms with E-state index in [4.69, 9.17) is 4.84 Å². The number of benzene rings is 1. The van der Waals surface area contributed by atoms with Crippen molar-refractivity contribution in [2.24, 2.45) is 5.16 Å². The number of hydrogen-bond acceptors (Lipinski definition) is 4. The smallest absolute Gasteiger partial charge is 0.312 e. The van der Waals surface area contributed by atoms with E-state index in [1.165, 1.54) is 30.4 Å². The summed E-state index contributed by atoms with van der Waals surface area (Å²) in [6.07, 6.45) is 4.31. The van der Waals surface area contributed by atoms with Crippen molar-refractivity contribution in [1.82, 2.24) is 0 Å². The highest BCUT2D eigenvalue weighted by atomic mass is 19.1. The van der Waals surface area contributed by atoms with Gasteiger partial charge in [0.15, 0.2) is 5.78 Å². The zero-order chi connectivity index (χ0) is 13.8. The van der Waals surface area contributed by atoms with E-state index in [2.05, 4.69) is 5.16 Å². The molecule has 0 saturated carbocycles. The zero-order valence-electron chi connectivity index (χ0n) is 10.1. The molecule has 1 aliphatic rings. The van der Waals surface area contributed by atoms with Gasteiger partial charge >= 0.3 is 5.97 Å². The second kappa shape index (κ2) is 5.39. The van der Waals surface area contributed by atoms with Crippen molar-refractivity contribution in [2.75, 3.05) is 0 Å². The van der Waals surface area contributed by atoms with Gasteiger partial charge < -0.3 is 4.84 Å². The molecule has 0 aromatic heterocycles. The molecule has 19 heavy (non-hydrogen) atoms. The average molecular weight is 259 g/mol. The molecule has 0 spiro atoms. The van der Waals surface area contributed by atoms with Crippen LogP contribution in [-0.4, -0.2) is 17.5 Å². The van der Waals surface area contributed by atoms with E-state index in [-0.39, 0.29) is 11.3 Å². The predicted molar refractivity (Wildman–Crippen MR) is 67.2 cm³/mol. The highest BCUT2D eigenvalue weighted by molar-refractivity contribution is 6.18. The summed E-state index contributed by atoms with van der Waals surface area (Å²) in [5.74, 6) is -1.23.